The second-order valence-corrected chi connectivity index (χ2v) is 6.42. The van der Waals surface area contributed by atoms with E-state index >= 15 is 0 Å². The van der Waals surface area contributed by atoms with Crippen LogP contribution in [-0.4, -0.2) is 19.0 Å². The Morgan fingerprint density at radius 2 is 1.79 bits per heavy atom. The van der Waals surface area contributed by atoms with Gasteiger partial charge >= 0.3 is 6.03 Å². The molecule has 0 fully saturated rings. The van der Waals surface area contributed by atoms with Crippen LogP contribution in [0.4, 0.5) is 16.2 Å². The highest BCUT2D eigenvalue weighted by Gasteiger charge is 2.10. The predicted molar refractivity (Wildman–Crippen MR) is 100 cm³/mol. The van der Waals surface area contributed by atoms with Crippen LogP contribution in [0.15, 0.2) is 53.0 Å². The molecule has 0 aliphatic heterocycles. The molecule has 0 spiro atoms. The summed E-state index contributed by atoms with van der Waals surface area (Å²) in [7, 11) is 1.71. The summed E-state index contributed by atoms with van der Waals surface area (Å²) in [5.41, 5.74) is 2.45. The maximum Gasteiger partial charge on any atom is 0.319 e. The summed E-state index contributed by atoms with van der Waals surface area (Å²) in [5, 5.41) is 5.68. The minimum Gasteiger partial charge on any atom is -0.331 e. The van der Waals surface area contributed by atoms with Crippen LogP contribution in [0.3, 0.4) is 0 Å². The number of anilines is 2. The van der Waals surface area contributed by atoms with E-state index in [2.05, 4.69) is 26.6 Å². The number of hydrogen-bond acceptors (Lipinski definition) is 2. The lowest BCUT2D eigenvalue weighted by molar-refractivity contribution is -0.116. The highest BCUT2D eigenvalue weighted by molar-refractivity contribution is 9.10. The summed E-state index contributed by atoms with van der Waals surface area (Å²) < 4.78 is 0.972. The van der Waals surface area contributed by atoms with Crippen molar-refractivity contribution in [2.45, 2.75) is 19.9 Å². The number of carbonyl (C=O) groups excluding carboxylic acids is 2. The molecule has 5 nitrogen and oxygen atoms in total. The maximum absolute atomic E-state index is 12.1. The fourth-order valence-corrected chi connectivity index (χ4v) is 2.59. The molecular weight excluding hydrogens is 370 g/mol. The molecule has 0 bridgehead atoms. The Bertz CT molecular complexity index is 731. The summed E-state index contributed by atoms with van der Waals surface area (Å²) in [6.07, 6.45) is 0. The van der Waals surface area contributed by atoms with Gasteiger partial charge in [0.2, 0.25) is 5.91 Å². The van der Waals surface area contributed by atoms with E-state index in [0.29, 0.717) is 5.69 Å². The fourth-order valence-electron chi connectivity index (χ4n) is 2.17. The smallest absolute Gasteiger partial charge is 0.319 e. The summed E-state index contributed by atoms with van der Waals surface area (Å²) in [6, 6.07) is 14.5. The zero-order valence-corrected chi connectivity index (χ0v) is 15.4. The Morgan fingerprint density at radius 1 is 1.12 bits per heavy atom. The monoisotopic (exact) mass is 389 g/mol. The quantitative estimate of drug-likeness (QED) is 0.817. The molecule has 0 aliphatic rings. The minimum atomic E-state index is -0.282. The third-order valence-corrected chi connectivity index (χ3v) is 4.17. The Morgan fingerprint density at radius 3 is 2.38 bits per heavy atom. The van der Waals surface area contributed by atoms with E-state index in [1.54, 1.807) is 36.2 Å². The third-order valence-electron chi connectivity index (χ3n) is 3.68. The SMILES string of the molecule is CC(=O)N(C)c1ccc(NC(=O)NC(C)c2cccc(Br)c2)cc1. The number of nitrogens with one attached hydrogen (secondary N) is 2. The second-order valence-electron chi connectivity index (χ2n) is 5.50. The van der Waals surface area contributed by atoms with E-state index in [4.69, 9.17) is 0 Å². The van der Waals surface area contributed by atoms with Gasteiger partial charge in [-0.05, 0) is 48.9 Å². The molecule has 3 amide bonds. The van der Waals surface area contributed by atoms with Gasteiger partial charge in [-0.25, -0.2) is 4.79 Å². The highest BCUT2D eigenvalue weighted by atomic mass is 79.9. The normalized spacial score (nSPS) is 11.5. The predicted octanol–water partition coefficient (Wildman–Crippen LogP) is 4.31. The van der Waals surface area contributed by atoms with Crippen LogP contribution < -0.4 is 15.5 Å². The lowest BCUT2D eigenvalue weighted by atomic mass is 10.1. The van der Waals surface area contributed by atoms with Gasteiger partial charge in [0, 0.05) is 29.8 Å². The molecule has 2 rings (SSSR count). The van der Waals surface area contributed by atoms with Crippen LogP contribution >= 0.6 is 15.9 Å². The molecule has 0 saturated heterocycles. The number of benzene rings is 2. The van der Waals surface area contributed by atoms with Gasteiger partial charge in [-0.1, -0.05) is 28.1 Å². The van der Waals surface area contributed by atoms with E-state index in [0.717, 1.165) is 15.7 Å². The molecule has 0 saturated carbocycles. The van der Waals surface area contributed by atoms with E-state index in [9.17, 15) is 9.59 Å². The van der Waals surface area contributed by atoms with Gasteiger partial charge in [0.15, 0.2) is 0 Å². The first-order valence-corrected chi connectivity index (χ1v) is 8.33. The van der Waals surface area contributed by atoms with Gasteiger partial charge in [-0.3, -0.25) is 4.79 Å². The van der Waals surface area contributed by atoms with Gasteiger partial charge in [0.1, 0.15) is 0 Å². The summed E-state index contributed by atoms with van der Waals surface area (Å²) in [4.78, 5) is 25.0. The molecule has 2 aromatic carbocycles. The van der Waals surface area contributed by atoms with Crippen molar-refractivity contribution in [3.8, 4) is 0 Å². The number of amides is 3. The maximum atomic E-state index is 12.1. The van der Waals surface area contributed by atoms with Crippen LogP contribution in [0.5, 0.6) is 0 Å². The Hall–Kier alpha value is -2.34. The van der Waals surface area contributed by atoms with Crippen LogP contribution in [0.25, 0.3) is 0 Å². The van der Waals surface area contributed by atoms with Crippen LogP contribution in [-0.2, 0) is 4.79 Å². The van der Waals surface area contributed by atoms with Gasteiger partial charge < -0.3 is 15.5 Å². The van der Waals surface area contributed by atoms with Crippen LogP contribution in [0.2, 0.25) is 0 Å². The van der Waals surface area contributed by atoms with E-state index in [-0.39, 0.29) is 18.0 Å². The molecule has 0 aromatic heterocycles. The van der Waals surface area contributed by atoms with Crippen molar-refractivity contribution in [3.63, 3.8) is 0 Å². The first-order chi connectivity index (χ1) is 11.4. The van der Waals surface area contributed by atoms with Crippen LogP contribution in [0.1, 0.15) is 25.5 Å². The first-order valence-electron chi connectivity index (χ1n) is 7.54. The van der Waals surface area contributed by atoms with E-state index in [1.165, 1.54) is 6.92 Å². The standard InChI is InChI=1S/C18H20BrN3O2/c1-12(14-5-4-6-15(19)11-14)20-18(24)21-16-7-9-17(10-8-16)22(3)13(2)23/h4-12H,1-3H3,(H2,20,21,24). The fraction of sp³-hybridized carbons (Fsp3) is 0.222. The molecule has 0 aliphatic carbocycles. The Kier molecular flexibility index (Phi) is 5.98. The Balaban J connectivity index is 1.96. The molecule has 2 N–H and O–H groups in total. The molecule has 2 aromatic rings. The molecule has 1 unspecified atom stereocenters. The number of hydrogen-bond donors (Lipinski definition) is 2. The van der Waals surface area contributed by atoms with Gasteiger partial charge in [0.25, 0.3) is 0 Å². The van der Waals surface area contributed by atoms with Crippen molar-refractivity contribution in [1.82, 2.24) is 5.32 Å². The Labute approximate surface area is 150 Å². The number of rotatable bonds is 4. The molecule has 6 heteroatoms. The second kappa shape index (κ2) is 7.97. The third kappa shape index (κ3) is 4.83. The summed E-state index contributed by atoms with van der Waals surface area (Å²) >= 11 is 3.42. The number of nitrogens with zero attached hydrogens (tertiary/aromatic N) is 1. The van der Waals surface area contributed by atoms with Crippen molar-refractivity contribution in [1.29, 1.82) is 0 Å². The molecule has 126 valence electrons. The molecule has 1 atom stereocenters. The van der Waals surface area contributed by atoms with E-state index < -0.39 is 0 Å². The van der Waals surface area contributed by atoms with Gasteiger partial charge in [-0.15, -0.1) is 0 Å². The zero-order valence-electron chi connectivity index (χ0n) is 13.8. The lowest BCUT2D eigenvalue weighted by Gasteiger charge is -2.17. The number of carbonyl (C=O) groups is 2. The van der Waals surface area contributed by atoms with Gasteiger partial charge in [0.05, 0.1) is 6.04 Å². The van der Waals surface area contributed by atoms with Crippen LogP contribution in [0, 0.1) is 0 Å². The number of urea groups is 1. The van der Waals surface area contributed by atoms with Crippen molar-refractivity contribution in [3.05, 3.63) is 58.6 Å². The highest BCUT2D eigenvalue weighted by Crippen LogP contribution is 2.19. The molecule has 0 heterocycles. The van der Waals surface area contributed by atoms with Crippen molar-refractivity contribution in [2.75, 3.05) is 17.3 Å². The van der Waals surface area contributed by atoms with E-state index in [1.807, 2.05) is 31.2 Å². The zero-order chi connectivity index (χ0) is 17.7. The molecule has 0 radical (unpaired) electrons. The van der Waals surface area contributed by atoms with Gasteiger partial charge in [-0.2, -0.15) is 0 Å². The largest absolute Gasteiger partial charge is 0.331 e. The average Bonchev–Trinajstić information content (AvgIpc) is 2.54. The topological polar surface area (TPSA) is 61.4 Å². The lowest BCUT2D eigenvalue weighted by Crippen LogP contribution is -2.31. The molecule has 24 heavy (non-hydrogen) atoms. The van der Waals surface area contributed by atoms with Crippen molar-refractivity contribution in [2.24, 2.45) is 0 Å². The minimum absolute atomic E-state index is 0.0451. The summed E-state index contributed by atoms with van der Waals surface area (Å²) in [6.45, 7) is 3.43. The average molecular weight is 390 g/mol. The van der Waals surface area contributed by atoms with Crippen molar-refractivity contribution >= 4 is 39.2 Å². The molecular formula is C18H20BrN3O2. The summed E-state index contributed by atoms with van der Waals surface area (Å²) in [5.74, 6) is -0.0451. The number of halogens is 1. The van der Waals surface area contributed by atoms with Crippen molar-refractivity contribution < 1.29 is 9.59 Å². The first kappa shape index (κ1) is 18.0.